The predicted molar refractivity (Wildman–Crippen MR) is 131 cm³/mol. The molecule has 1 aromatic heterocycles. The van der Waals surface area contributed by atoms with Gasteiger partial charge in [0.1, 0.15) is 11.9 Å². The fourth-order valence-corrected chi connectivity index (χ4v) is 4.71. The van der Waals surface area contributed by atoms with Gasteiger partial charge in [0.15, 0.2) is 0 Å². The highest BCUT2D eigenvalue weighted by atomic mass is 35.5. The summed E-state index contributed by atoms with van der Waals surface area (Å²) >= 11 is 12.0. The number of aromatic nitrogens is 1. The molecule has 11 heteroatoms. The zero-order valence-electron chi connectivity index (χ0n) is 18.5. The monoisotopic (exact) mass is 504 g/mol. The zero-order chi connectivity index (χ0) is 24.1. The molecule has 0 aliphatic carbocycles. The maximum absolute atomic E-state index is 13.1. The van der Waals surface area contributed by atoms with Crippen molar-refractivity contribution in [2.45, 2.75) is 12.5 Å². The fourth-order valence-electron chi connectivity index (χ4n) is 4.19. The Morgan fingerprint density at radius 2 is 1.79 bits per heavy atom. The average Bonchev–Trinajstić information content (AvgIpc) is 2.80. The van der Waals surface area contributed by atoms with Gasteiger partial charge in [-0.1, -0.05) is 29.3 Å². The van der Waals surface area contributed by atoms with Crippen molar-refractivity contribution in [1.82, 2.24) is 20.1 Å². The number of anilines is 2. The van der Waals surface area contributed by atoms with Crippen LogP contribution in [0.3, 0.4) is 0 Å². The van der Waals surface area contributed by atoms with Crippen LogP contribution in [0, 0.1) is 0 Å². The molecular weight excluding hydrogens is 479 g/mol. The van der Waals surface area contributed by atoms with Gasteiger partial charge in [-0.2, -0.15) is 0 Å². The number of piperazine rings is 2. The van der Waals surface area contributed by atoms with E-state index in [1.807, 2.05) is 18.2 Å². The molecule has 34 heavy (non-hydrogen) atoms. The summed E-state index contributed by atoms with van der Waals surface area (Å²) in [7, 11) is 0. The van der Waals surface area contributed by atoms with Gasteiger partial charge in [0.25, 0.3) is 0 Å². The first-order chi connectivity index (χ1) is 16.4. The van der Waals surface area contributed by atoms with E-state index in [4.69, 9.17) is 23.2 Å². The molecule has 0 unspecified atom stereocenters. The van der Waals surface area contributed by atoms with Crippen molar-refractivity contribution in [3.63, 3.8) is 0 Å². The van der Waals surface area contributed by atoms with E-state index < -0.39 is 11.9 Å². The van der Waals surface area contributed by atoms with Crippen molar-refractivity contribution >= 4 is 52.4 Å². The minimum atomic E-state index is -0.870. The van der Waals surface area contributed by atoms with Gasteiger partial charge in [-0.05, 0) is 30.3 Å². The Labute approximate surface area is 208 Å². The third kappa shape index (κ3) is 6.16. The maximum Gasteiger partial charge on any atom is 0.243 e. The summed E-state index contributed by atoms with van der Waals surface area (Å²) in [6.45, 7) is 3.87. The summed E-state index contributed by atoms with van der Waals surface area (Å²) in [5, 5.41) is 6.23. The number of pyridine rings is 1. The summed E-state index contributed by atoms with van der Waals surface area (Å²) in [4.78, 5) is 48.4. The van der Waals surface area contributed by atoms with Gasteiger partial charge < -0.3 is 20.4 Å². The number of amides is 3. The molecule has 2 aliphatic rings. The summed E-state index contributed by atoms with van der Waals surface area (Å²) in [6.07, 6.45) is 1.61. The lowest BCUT2D eigenvalue weighted by molar-refractivity contribution is -0.145. The van der Waals surface area contributed by atoms with Crippen molar-refractivity contribution in [2.75, 3.05) is 56.0 Å². The van der Waals surface area contributed by atoms with Gasteiger partial charge >= 0.3 is 0 Å². The largest absolute Gasteiger partial charge is 0.354 e. The number of rotatable bonds is 6. The van der Waals surface area contributed by atoms with Crippen molar-refractivity contribution in [3.05, 3.63) is 52.6 Å². The molecule has 2 aliphatic heterocycles. The molecule has 0 spiro atoms. The van der Waals surface area contributed by atoms with Crippen LogP contribution in [0.15, 0.2) is 42.6 Å². The van der Waals surface area contributed by atoms with Crippen molar-refractivity contribution in [2.24, 2.45) is 0 Å². The first-order valence-corrected chi connectivity index (χ1v) is 11.9. The van der Waals surface area contributed by atoms with Gasteiger partial charge in [0, 0.05) is 61.2 Å². The molecular formula is C23H26Cl2N6O3. The summed E-state index contributed by atoms with van der Waals surface area (Å²) in [6, 6.07) is 9.64. The van der Waals surface area contributed by atoms with E-state index in [0.717, 1.165) is 18.9 Å². The minimum Gasteiger partial charge on any atom is -0.354 e. The molecule has 0 saturated carbocycles. The molecule has 1 aromatic carbocycles. The smallest absolute Gasteiger partial charge is 0.243 e. The molecule has 3 amide bonds. The minimum absolute atomic E-state index is 0.158. The third-order valence-corrected chi connectivity index (χ3v) is 6.32. The first kappa shape index (κ1) is 24.3. The van der Waals surface area contributed by atoms with Crippen LogP contribution in [0.5, 0.6) is 0 Å². The number of benzene rings is 1. The van der Waals surface area contributed by atoms with E-state index in [1.54, 1.807) is 24.4 Å². The van der Waals surface area contributed by atoms with Crippen molar-refractivity contribution < 1.29 is 14.4 Å². The SMILES string of the molecule is O=C(C[C@@H]1C(=O)NCCN1C(=O)CN1CCN(c2ccccn2)CC1)Nc1cc(Cl)cc(Cl)c1. The van der Waals surface area contributed by atoms with Crippen LogP contribution >= 0.6 is 23.2 Å². The highest BCUT2D eigenvalue weighted by molar-refractivity contribution is 6.35. The summed E-state index contributed by atoms with van der Waals surface area (Å²) in [5.41, 5.74) is 0.433. The number of nitrogens with one attached hydrogen (secondary N) is 2. The van der Waals surface area contributed by atoms with Crippen LogP contribution in [-0.4, -0.2) is 84.4 Å². The molecule has 2 N–H and O–H groups in total. The second-order valence-corrected chi connectivity index (χ2v) is 9.13. The van der Waals surface area contributed by atoms with Crippen molar-refractivity contribution in [1.29, 1.82) is 0 Å². The van der Waals surface area contributed by atoms with E-state index in [0.29, 0.717) is 41.9 Å². The van der Waals surface area contributed by atoms with Crippen LogP contribution < -0.4 is 15.5 Å². The number of hydrogen-bond acceptors (Lipinski definition) is 6. The predicted octanol–water partition coefficient (Wildman–Crippen LogP) is 1.87. The standard InChI is InChI=1S/C23H26Cl2N6O3/c24-16-11-17(25)13-18(12-16)28-21(32)14-19-23(34)27-5-6-31(19)22(33)15-29-7-9-30(10-8-29)20-3-1-2-4-26-20/h1-4,11-13,19H,5-10,14-15H2,(H,27,34)(H,28,32)/t19-/m1/s1. The fraction of sp³-hybridized carbons (Fsp3) is 0.391. The van der Waals surface area contributed by atoms with E-state index in [1.165, 1.54) is 4.90 Å². The summed E-state index contributed by atoms with van der Waals surface area (Å²) in [5.74, 6) is 0.0268. The lowest BCUT2D eigenvalue weighted by atomic mass is 10.1. The Hall–Kier alpha value is -2.88. The molecule has 2 saturated heterocycles. The lowest BCUT2D eigenvalue weighted by Crippen LogP contribution is -2.60. The van der Waals surface area contributed by atoms with Crippen LogP contribution in [0.4, 0.5) is 11.5 Å². The van der Waals surface area contributed by atoms with Crippen molar-refractivity contribution in [3.8, 4) is 0 Å². The van der Waals surface area contributed by atoms with Crippen LogP contribution in [0.2, 0.25) is 10.0 Å². The summed E-state index contributed by atoms with van der Waals surface area (Å²) < 4.78 is 0. The first-order valence-electron chi connectivity index (χ1n) is 11.1. The van der Waals surface area contributed by atoms with Crippen LogP contribution in [-0.2, 0) is 14.4 Å². The maximum atomic E-state index is 13.1. The van der Waals surface area contributed by atoms with Gasteiger partial charge in [-0.3, -0.25) is 19.3 Å². The van der Waals surface area contributed by atoms with Gasteiger partial charge in [-0.15, -0.1) is 0 Å². The molecule has 2 aromatic rings. The lowest BCUT2D eigenvalue weighted by Gasteiger charge is -2.38. The Balaban J connectivity index is 1.33. The molecule has 0 radical (unpaired) electrons. The Kier molecular flexibility index (Phi) is 7.87. The number of halogens is 2. The molecule has 3 heterocycles. The highest BCUT2D eigenvalue weighted by Crippen LogP contribution is 2.23. The van der Waals surface area contributed by atoms with E-state index in [-0.39, 0.29) is 24.8 Å². The number of hydrogen-bond donors (Lipinski definition) is 2. The van der Waals surface area contributed by atoms with E-state index in [9.17, 15) is 14.4 Å². The molecule has 4 rings (SSSR count). The Morgan fingerprint density at radius 3 is 2.47 bits per heavy atom. The molecule has 2 fully saturated rings. The Morgan fingerprint density at radius 1 is 1.06 bits per heavy atom. The van der Waals surface area contributed by atoms with Crippen LogP contribution in [0.1, 0.15) is 6.42 Å². The van der Waals surface area contributed by atoms with Crippen LogP contribution in [0.25, 0.3) is 0 Å². The quantitative estimate of drug-likeness (QED) is 0.623. The zero-order valence-corrected chi connectivity index (χ0v) is 20.1. The van der Waals surface area contributed by atoms with Gasteiger partial charge in [0.2, 0.25) is 17.7 Å². The third-order valence-electron chi connectivity index (χ3n) is 5.88. The van der Waals surface area contributed by atoms with Gasteiger partial charge in [-0.25, -0.2) is 4.98 Å². The van der Waals surface area contributed by atoms with E-state index >= 15 is 0 Å². The van der Waals surface area contributed by atoms with E-state index in [2.05, 4.69) is 25.4 Å². The Bertz CT molecular complexity index is 1030. The molecule has 0 bridgehead atoms. The topological polar surface area (TPSA) is 97.9 Å². The second kappa shape index (κ2) is 11.0. The normalized spacial score (nSPS) is 19.0. The number of carbonyl (C=O) groups excluding carboxylic acids is 3. The van der Waals surface area contributed by atoms with Gasteiger partial charge in [0.05, 0.1) is 13.0 Å². The average molecular weight is 505 g/mol. The molecule has 180 valence electrons. The number of carbonyl (C=O) groups is 3. The number of nitrogens with zero attached hydrogens (tertiary/aromatic N) is 4. The molecule has 9 nitrogen and oxygen atoms in total. The second-order valence-electron chi connectivity index (χ2n) is 8.26. The highest BCUT2D eigenvalue weighted by Gasteiger charge is 2.35. The molecule has 1 atom stereocenters.